The van der Waals surface area contributed by atoms with Gasteiger partial charge in [-0.2, -0.15) is 5.26 Å². The highest BCUT2D eigenvalue weighted by molar-refractivity contribution is 6.35. The average molecular weight is 463 g/mol. The number of nitriles is 1. The van der Waals surface area contributed by atoms with Gasteiger partial charge in [0.15, 0.2) is 7.05 Å². The molecule has 1 saturated heterocycles. The monoisotopic (exact) mass is 462 g/mol. The summed E-state index contributed by atoms with van der Waals surface area (Å²) in [5, 5.41) is 19.7. The summed E-state index contributed by atoms with van der Waals surface area (Å²) in [6.07, 6.45) is 0. The fraction of sp³-hybridized carbons (Fsp3) is 0.346. The first-order valence-corrected chi connectivity index (χ1v) is 11.3. The number of carbonyl (C=O) groups is 1. The van der Waals surface area contributed by atoms with Gasteiger partial charge < -0.3 is 14.2 Å². The second kappa shape index (κ2) is 10.5. The second-order valence-electron chi connectivity index (χ2n) is 8.04. The summed E-state index contributed by atoms with van der Waals surface area (Å²) >= 11 is 0. The molecule has 34 heavy (non-hydrogen) atoms. The zero-order valence-electron chi connectivity index (χ0n) is 19.4. The fourth-order valence-corrected chi connectivity index (χ4v) is 4.28. The molecule has 1 aliphatic heterocycles. The van der Waals surface area contributed by atoms with Crippen LogP contribution < -0.4 is 4.74 Å². The summed E-state index contributed by atoms with van der Waals surface area (Å²) in [7, 11) is 1.48. The van der Waals surface area contributed by atoms with Crippen molar-refractivity contribution in [2.45, 2.75) is 6.92 Å². The van der Waals surface area contributed by atoms with Crippen molar-refractivity contribution < 1.29 is 29.0 Å². The highest BCUT2D eigenvalue weighted by atomic mass is 16.5. The molecule has 1 N–H and O–H groups in total. The molecule has 0 atom stereocenters. The zero-order chi connectivity index (χ0) is 24.1. The Labute approximate surface area is 198 Å². The molecule has 4 rings (SSSR count). The first kappa shape index (κ1) is 23.5. The standard InChI is InChI=1S/C26H28N3O5/c1-3-33-26(30)24-23(19-6-4-18(17-27)5-7-19)21-9-8-20(16-22(21)25(24)28(2)31)34-15-12-29-10-13-32-14-11-29/h4-9,16,31H,3,10-15H2,1-2H3/q+1. The lowest BCUT2D eigenvalue weighted by molar-refractivity contribution is -0.753. The minimum atomic E-state index is -0.524. The van der Waals surface area contributed by atoms with Gasteiger partial charge in [0.1, 0.15) is 17.9 Å². The number of fused-ring (bicyclic) bond motifs is 1. The first-order valence-electron chi connectivity index (χ1n) is 11.3. The van der Waals surface area contributed by atoms with Crippen molar-refractivity contribution in [1.82, 2.24) is 4.90 Å². The van der Waals surface area contributed by atoms with Gasteiger partial charge in [0.05, 0.1) is 37.0 Å². The van der Waals surface area contributed by atoms with Crippen molar-refractivity contribution in [3.05, 3.63) is 70.3 Å². The van der Waals surface area contributed by atoms with Crippen molar-refractivity contribution in [3.63, 3.8) is 0 Å². The van der Waals surface area contributed by atoms with E-state index in [1.54, 1.807) is 31.2 Å². The summed E-state index contributed by atoms with van der Waals surface area (Å²) < 4.78 is 17.7. The summed E-state index contributed by atoms with van der Waals surface area (Å²) in [5.41, 5.74) is 4.01. The van der Waals surface area contributed by atoms with E-state index < -0.39 is 5.97 Å². The fourth-order valence-electron chi connectivity index (χ4n) is 4.28. The van der Waals surface area contributed by atoms with Gasteiger partial charge in [-0.15, -0.1) is 0 Å². The molecule has 1 aliphatic carbocycles. The van der Waals surface area contributed by atoms with Gasteiger partial charge in [-0.3, -0.25) is 10.1 Å². The van der Waals surface area contributed by atoms with Crippen LogP contribution in [-0.2, 0) is 14.3 Å². The van der Waals surface area contributed by atoms with Gasteiger partial charge in [-0.1, -0.05) is 12.1 Å². The number of hydrogen-bond acceptors (Lipinski definition) is 7. The first-order chi connectivity index (χ1) is 16.5. The van der Waals surface area contributed by atoms with E-state index in [0.29, 0.717) is 34.8 Å². The number of hydrogen-bond donors (Lipinski definition) is 1. The van der Waals surface area contributed by atoms with E-state index in [1.807, 2.05) is 18.2 Å². The van der Waals surface area contributed by atoms with Crippen LogP contribution in [0.15, 0.2) is 48.0 Å². The van der Waals surface area contributed by atoms with E-state index in [9.17, 15) is 10.0 Å². The Hall–Kier alpha value is -3.67. The molecule has 176 valence electrons. The predicted octanol–water partition coefficient (Wildman–Crippen LogP) is 2.47. The summed E-state index contributed by atoms with van der Waals surface area (Å²) in [5.74, 6) is 0.124. The van der Waals surface area contributed by atoms with Crippen LogP contribution in [0, 0.1) is 11.3 Å². The molecule has 2 aromatic rings. The van der Waals surface area contributed by atoms with Gasteiger partial charge in [0, 0.05) is 25.2 Å². The molecule has 2 aliphatic rings. The Kier molecular flexibility index (Phi) is 7.26. The Morgan fingerprint density at radius 3 is 2.56 bits per heavy atom. The molecule has 8 nitrogen and oxygen atoms in total. The van der Waals surface area contributed by atoms with Gasteiger partial charge in [-0.25, -0.2) is 4.79 Å². The smallest absolute Gasteiger partial charge is 0.345 e. The minimum absolute atomic E-state index is 0.206. The highest BCUT2D eigenvalue weighted by Gasteiger charge is 2.40. The molecular formula is C26H28N3O5+. The molecule has 0 unspecified atom stereocenters. The number of morpholine rings is 1. The number of nitrogens with zero attached hydrogens (tertiary/aromatic N) is 3. The van der Waals surface area contributed by atoms with Crippen molar-refractivity contribution in [1.29, 1.82) is 5.26 Å². The minimum Gasteiger partial charge on any atom is -0.492 e. The normalized spacial score (nSPS) is 17.2. The SMILES string of the molecule is CCOC(=O)C1=C(c2ccc(C#N)cc2)c2ccc(OCCN3CCOCC3)cc2C1=[N+](C)O. The summed E-state index contributed by atoms with van der Waals surface area (Å²) in [4.78, 5) is 15.3. The topological polar surface area (TPSA) is 95.0 Å². The van der Waals surface area contributed by atoms with Crippen LogP contribution in [0.5, 0.6) is 5.75 Å². The molecule has 0 saturated carbocycles. The van der Waals surface area contributed by atoms with Crippen LogP contribution in [0.4, 0.5) is 0 Å². The molecule has 0 amide bonds. The van der Waals surface area contributed by atoms with Crippen LogP contribution in [0.2, 0.25) is 0 Å². The molecule has 1 heterocycles. The number of ether oxygens (including phenoxy) is 3. The third kappa shape index (κ3) is 4.81. The Morgan fingerprint density at radius 1 is 1.18 bits per heavy atom. The molecule has 0 radical (unpaired) electrons. The number of carbonyl (C=O) groups excluding carboxylic acids is 1. The van der Waals surface area contributed by atoms with Gasteiger partial charge in [0.25, 0.3) is 5.71 Å². The lowest BCUT2D eigenvalue weighted by Gasteiger charge is -2.26. The van der Waals surface area contributed by atoms with Crippen molar-refractivity contribution in [2.75, 3.05) is 53.1 Å². The van der Waals surface area contributed by atoms with Crippen LogP contribution >= 0.6 is 0 Å². The highest BCUT2D eigenvalue weighted by Crippen LogP contribution is 2.40. The van der Waals surface area contributed by atoms with Crippen molar-refractivity contribution in [2.24, 2.45) is 0 Å². The average Bonchev–Trinajstić information content (AvgIpc) is 3.20. The molecule has 8 heteroatoms. The van der Waals surface area contributed by atoms with E-state index >= 15 is 0 Å². The van der Waals surface area contributed by atoms with Gasteiger partial charge >= 0.3 is 5.97 Å². The van der Waals surface area contributed by atoms with Crippen LogP contribution in [-0.4, -0.2) is 79.6 Å². The Bertz CT molecular complexity index is 1170. The summed E-state index contributed by atoms with van der Waals surface area (Å²) in [6, 6.07) is 14.7. The largest absolute Gasteiger partial charge is 0.492 e. The van der Waals surface area contributed by atoms with Gasteiger partial charge in [0.2, 0.25) is 0 Å². The maximum Gasteiger partial charge on any atom is 0.345 e. The predicted molar refractivity (Wildman–Crippen MR) is 125 cm³/mol. The molecule has 2 aromatic carbocycles. The third-order valence-electron chi connectivity index (χ3n) is 5.89. The van der Waals surface area contributed by atoms with E-state index in [1.165, 1.54) is 7.05 Å². The van der Waals surface area contributed by atoms with Crippen LogP contribution in [0.1, 0.15) is 29.2 Å². The number of benzene rings is 2. The maximum absolute atomic E-state index is 13.0. The second-order valence-corrected chi connectivity index (χ2v) is 8.04. The van der Waals surface area contributed by atoms with E-state index in [0.717, 1.165) is 48.7 Å². The molecule has 1 fully saturated rings. The van der Waals surface area contributed by atoms with Crippen molar-refractivity contribution >= 4 is 17.3 Å². The number of hydroxylamine groups is 1. The third-order valence-corrected chi connectivity index (χ3v) is 5.89. The van der Waals surface area contributed by atoms with E-state index in [-0.39, 0.29) is 12.2 Å². The molecule has 0 bridgehead atoms. The Balaban J connectivity index is 1.69. The maximum atomic E-state index is 13.0. The van der Waals surface area contributed by atoms with E-state index in [4.69, 9.17) is 19.5 Å². The Morgan fingerprint density at radius 2 is 1.91 bits per heavy atom. The summed E-state index contributed by atoms with van der Waals surface area (Å²) in [6.45, 7) is 6.51. The van der Waals surface area contributed by atoms with Gasteiger partial charge in [-0.05, 0) is 53.1 Å². The quantitative estimate of drug-likeness (QED) is 0.292. The lowest BCUT2D eigenvalue weighted by atomic mass is 9.96. The number of esters is 1. The number of rotatable bonds is 7. The van der Waals surface area contributed by atoms with Crippen molar-refractivity contribution in [3.8, 4) is 11.8 Å². The zero-order valence-corrected chi connectivity index (χ0v) is 19.4. The molecular weight excluding hydrogens is 434 g/mol. The van der Waals surface area contributed by atoms with E-state index in [2.05, 4.69) is 11.0 Å². The van der Waals surface area contributed by atoms with Crippen LogP contribution in [0.3, 0.4) is 0 Å². The van der Waals surface area contributed by atoms with Crippen LogP contribution in [0.25, 0.3) is 5.57 Å². The lowest BCUT2D eigenvalue weighted by Crippen LogP contribution is -2.38. The molecule has 0 aromatic heterocycles. The molecule has 0 spiro atoms.